The van der Waals surface area contributed by atoms with E-state index in [9.17, 15) is 4.79 Å². The molecule has 1 aromatic heterocycles. The van der Waals surface area contributed by atoms with E-state index in [1.54, 1.807) is 12.3 Å². The van der Waals surface area contributed by atoms with E-state index in [-0.39, 0.29) is 11.0 Å². The second-order valence-corrected chi connectivity index (χ2v) is 5.64. The first-order chi connectivity index (χ1) is 8.35. The Morgan fingerprint density at radius 2 is 2.11 bits per heavy atom. The molecule has 5 heteroatoms. The van der Waals surface area contributed by atoms with E-state index in [1.165, 1.54) is 4.68 Å². The lowest BCUT2D eigenvalue weighted by Crippen LogP contribution is -2.27. The minimum atomic E-state index is -0.0493. The lowest BCUT2D eigenvalue weighted by molar-refractivity contribution is 0.322. The molecule has 0 radical (unpaired) electrons. The summed E-state index contributed by atoms with van der Waals surface area (Å²) in [6.45, 7) is 5.58. The van der Waals surface area contributed by atoms with E-state index < -0.39 is 0 Å². The highest BCUT2D eigenvalue weighted by atomic mass is 16.1. The van der Waals surface area contributed by atoms with Crippen LogP contribution in [0.4, 0.5) is 5.69 Å². The van der Waals surface area contributed by atoms with Crippen molar-refractivity contribution in [2.75, 3.05) is 25.5 Å². The molecule has 0 atom stereocenters. The van der Waals surface area contributed by atoms with Crippen LogP contribution in [0.5, 0.6) is 0 Å². The van der Waals surface area contributed by atoms with E-state index >= 15 is 0 Å². The van der Waals surface area contributed by atoms with Crippen molar-refractivity contribution in [1.82, 2.24) is 9.78 Å². The SMILES string of the molecule is CN(C)c1cnn(CCCC(C)(C)CN)c(=O)c1. The molecule has 2 N–H and O–H groups in total. The van der Waals surface area contributed by atoms with Crippen molar-refractivity contribution in [3.05, 3.63) is 22.6 Å². The van der Waals surface area contributed by atoms with E-state index in [0.29, 0.717) is 13.1 Å². The molecule has 1 aromatic rings. The van der Waals surface area contributed by atoms with Crippen molar-refractivity contribution >= 4 is 5.69 Å². The summed E-state index contributed by atoms with van der Waals surface area (Å²) in [6.07, 6.45) is 3.63. The van der Waals surface area contributed by atoms with Crippen LogP contribution >= 0.6 is 0 Å². The maximum atomic E-state index is 11.8. The molecule has 0 aliphatic heterocycles. The molecular weight excluding hydrogens is 228 g/mol. The fourth-order valence-electron chi connectivity index (χ4n) is 1.65. The number of anilines is 1. The highest BCUT2D eigenvalue weighted by Crippen LogP contribution is 2.20. The van der Waals surface area contributed by atoms with Gasteiger partial charge in [0.05, 0.1) is 11.9 Å². The largest absolute Gasteiger partial charge is 0.376 e. The van der Waals surface area contributed by atoms with Gasteiger partial charge in [-0.3, -0.25) is 4.79 Å². The molecular formula is C13H24N4O. The third kappa shape index (κ3) is 4.14. The number of aryl methyl sites for hydroxylation is 1. The molecule has 0 aliphatic rings. The minimum Gasteiger partial charge on any atom is -0.376 e. The quantitative estimate of drug-likeness (QED) is 0.822. The van der Waals surface area contributed by atoms with Crippen molar-refractivity contribution in [1.29, 1.82) is 0 Å². The standard InChI is InChI=1S/C13H24N4O/c1-13(2,10-14)6-5-7-17-12(18)8-11(9-15-17)16(3)4/h8-9H,5-7,10,14H2,1-4H3. The normalized spacial score (nSPS) is 11.6. The zero-order chi connectivity index (χ0) is 13.8. The summed E-state index contributed by atoms with van der Waals surface area (Å²) in [4.78, 5) is 13.7. The molecule has 0 saturated carbocycles. The van der Waals surface area contributed by atoms with Crippen molar-refractivity contribution < 1.29 is 0 Å². The van der Waals surface area contributed by atoms with Gasteiger partial charge in [0.25, 0.3) is 5.56 Å². The number of rotatable bonds is 6. The Labute approximate surface area is 109 Å². The zero-order valence-corrected chi connectivity index (χ0v) is 11.8. The van der Waals surface area contributed by atoms with Crippen molar-refractivity contribution in [3.63, 3.8) is 0 Å². The molecule has 1 heterocycles. The minimum absolute atomic E-state index is 0.0493. The molecule has 0 amide bonds. The van der Waals surface area contributed by atoms with Crippen LogP contribution in [0.3, 0.4) is 0 Å². The van der Waals surface area contributed by atoms with Gasteiger partial charge in [0, 0.05) is 26.7 Å². The molecule has 0 unspecified atom stereocenters. The van der Waals surface area contributed by atoms with Crippen molar-refractivity contribution in [2.45, 2.75) is 33.2 Å². The first kappa shape index (κ1) is 14.7. The van der Waals surface area contributed by atoms with Crippen LogP contribution < -0.4 is 16.2 Å². The van der Waals surface area contributed by atoms with Gasteiger partial charge in [0.15, 0.2) is 0 Å². The highest BCUT2D eigenvalue weighted by molar-refractivity contribution is 5.40. The van der Waals surface area contributed by atoms with E-state index in [4.69, 9.17) is 5.73 Å². The Bertz CT molecular complexity index is 437. The Morgan fingerprint density at radius 1 is 1.44 bits per heavy atom. The fraction of sp³-hybridized carbons (Fsp3) is 0.692. The average Bonchev–Trinajstić information content (AvgIpc) is 2.31. The predicted molar refractivity (Wildman–Crippen MR) is 74.9 cm³/mol. The predicted octanol–water partition coefficient (Wildman–Crippen LogP) is 1.07. The number of hydrogen-bond acceptors (Lipinski definition) is 4. The van der Waals surface area contributed by atoms with Crippen molar-refractivity contribution in [3.8, 4) is 0 Å². The molecule has 0 aromatic carbocycles. The topological polar surface area (TPSA) is 64.2 Å². The number of nitrogens with zero attached hydrogens (tertiary/aromatic N) is 3. The molecule has 18 heavy (non-hydrogen) atoms. The lowest BCUT2D eigenvalue weighted by Gasteiger charge is -2.22. The van der Waals surface area contributed by atoms with E-state index in [1.807, 2.05) is 19.0 Å². The molecule has 0 aliphatic carbocycles. The van der Waals surface area contributed by atoms with Gasteiger partial charge >= 0.3 is 0 Å². The molecule has 102 valence electrons. The zero-order valence-electron chi connectivity index (χ0n) is 11.8. The van der Waals surface area contributed by atoms with Crippen LogP contribution in [0.15, 0.2) is 17.1 Å². The van der Waals surface area contributed by atoms with Crippen LogP contribution in [-0.4, -0.2) is 30.4 Å². The second-order valence-electron chi connectivity index (χ2n) is 5.64. The van der Waals surface area contributed by atoms with Gasteiger partial charge in [-0.25, -0.2) is 4.68 Å². The van der Waals surface area contributed by atoms with E-state index in [0.717, 1.165) is 18.5 Å². The van der Waals surface area contributed by atoms with Gasteiger partial charge in [-0.15, -0.1) is 0 Å². The molecule has 1 rings (SSSR count). The van der Waals surface area contributed by atoms with E-state index in [2.05, 4.69) is 18.9 Å². The monoisotopic (exact) mass is 252 g/mol. The summed E-state index contributed by atoms with van der Waals surface area (Å²) < 4.78 is 1.51. The maximum Gasteiger partial charge on any atom is 0.268 e. The molecule has 0 bridgehead atoms. The Hall–Kier alpha value is -1.36. The highest BCUT2D eigenvalue weighted by Gasteiger charge is 2.14. The molecule has 0 fully saturated rings. The summed E-state index contributed by atoms with van der Waals surface area (Å²) in [5.41, 5.74) is 6.59. The Kier molecular flexibility index (Phi) is 4.90. The first-order valence-electron chi connectivity index (χ1n) is 6.30. The average molecular weight is 252 g/mol. The third-order valence-electron chi connectivity index (χ3n) is 3.15. The Morgan fingerprint density at radius 3 is 2.61 bits per heavy atom. The number of hydrogen-bond donors (Lipinski definition) is 1. The number of nitrogens with two attached hydrogens (primary N) is 1. The van der Waals surface area contributed by atoms with Crippen LogP contribution in [-0.2, 0) is 6.54 Å². The number of aromatic nitrogens is 2. The van der Waals surface area contributed by atoms with Crippen LogP contribution in [0.2, 0.25) is 0 Å². The van der Waals surface area contributed by atoms with Crippen LogP contribution in [0.25, 0.3) is 0 Å². The summed E-state index contributed by atoms with van der Waals surface area (Å²) in [5.74, 6) is 0. The van der Waals surface area contributed by atoms with Crippen molar-refractivity contribution in [2.24, 2.45) is 11.1 Å². The van der Waals surface area contributed by atoms with Gasteiger partial charge in [-0.2, -0.15) is 5.10 Å². The van der Waals surface area contributed by atoms with Gasteiger partial charge in [0.1, 0.15) is 0 Å². The maximum absolute atomic E-state index is 11.8. The smallest absolute Gasteiger partial charge is 0.268 e. The molecule has 0 saturated heterocycles. The summed E-state index contributed by atoms with van der Waals surface area (Å²) in [7, 11) is 3.79. The van der Waals surface area contributed by atoms with Gasteiger partial charge < -0.3 is 10.6 Å². The molecule has 5 nitrogen and oxygen atoms in total. The lowest BCUT2D eigenvalue weighted by atomic mass is 9.88. The summed E-state index contributed by atoms with van der Waals surface area (Å²) in [6, 6.07) is 1.61. The first-order valence-corrected chi connectivity index (χ1v) is 6.30. The van der Waals surface area contributed by atoms with Gasteiger partial charge in [0.2, 0.25) is 0 Å². The van der Waals surface area contributed by atoms with Gasteiger partial charge in [-0.1, -0.05) is 13.8 Å². The van der Waals surface area contributed by atoms with Crippen LogP contribution in [0.1, 0.15) is 26.7 Å². The van der Waals surface area contributed by atoms with Gasteiger partial charge in [-0.05, 0) is 24.8 Å². The Balaban J connectivity index is 2.61. The summed E-state index contributed by atoms with van der Waals surface area (Å²) in [5, 5.41) is 4.18. The summed E-state index contributed by atoms with van der Waals surface area (Å²) >= 11 is 0. The molecule has 0 spiro atoms. The third-order valence-corrected chi connectivity index (χ3v) is 3.15. The second kappa shape index (κ2) is 6.00. The fourth-order valence-corrected chi connectivity index (χ4v) is 1.65. The van der Waals surface area contributed by atoms with Crippen LogP contribution in [0, 0.1) is 5.41 Å².